The summed E-state index contributed by atoms with van der Waals surface area (Å²) in [4.78, 5) is 31.8. The van der Waals surface area contributed by atoms with Crippen LogP contribution in [0.15, 0.2) is 82.4 Å². The molecule has 5 rings (SSSR count). The molecule has 3 aromatic carbocycles. The first kappa shape index (κ1) is 18.9. The summed E-state index contributed by atoms with van der Waals surface area (Å²) in [6.45, 7) is 1.95. The molecule has 0 radical (unpaired) electrons. The normalized spacial score (nSPS) is 11.3. The summed E-state index contributed by atoms with van der Waals surface area (Å²) in [6.07, 6.45) is 0. The molecule has 152 valence electrons. The number of aryl methyl sites for hydroxylation is 2. The van der Waals surface area contributed by atoms with Crippen molar-refractivity contribution < 1.29 is 4.39 Å². The quantitative estimate of drug-likeness (QED) is 0.406. The highest BCUT2D eigenvalue weighted by Gasteiger charge is 2.20. The minimum absolute atomic E-state index is 0.0210. The zero-order valence-electron chi connectivity index (χ0n) is 17.0. The number of benzene rings is 3. The number of hydrogen-bond donors (Lipinski definition) is 0. The lowest BCUT2D eigenvalue weighted by Gasteiger charge is -2.16. The Bertz CT molecular complexity index is 1580. The molecule has 0 unspecified atom stereocenters. The molecule has 2 aromatic heterocycles. The maximum absolute atomic E-state index is 13.7. The Morgan fingerprint density at radius 3 is 2.26 bits per heavy atom. The zero-order valence-corrected chi connectivity index (χ0v) is 17.0. The van der Waals surface area contributed by atoms with Gasteiger partial charge in [0.1, 0.15) is 17.0 Å². The fraction of sp³-hybridized carbons (Fsp3) is 0.0800. The Balaban J connectivity index is 1.99. The third-order valence-electron chi connectivity index (χ3n) is 5.51. The van der Waals surface area contributed by atoms with Gasteiger partial charge in [0.15, 0.2) is 5.65 Å². The molecule has 0 aliphatic carbocycles. The molecule has 0 N–H and O–H groups in total. The maximum atomic E-state index is 13.7. The average molecular weight is 411 g/mol. The third kappa shape index (κ3) is 2.95. The largest absolute Gasteiger partial charge is 0.328 e. The van der Waals surface area contributed by atoms with Crippen LogP contribution in [0.2, 0.25) is 0 Å². The predicted molar refractivity (Wildman–Crippen MR) is 120 cm³/mol. The van der Waals surface area contributed by atoms with Crippen LogP contribution < -0.4 is 11.0 Å². The van der Waals surface area contributed by atoms with Crippen LogP contribution in [0.1, 0.15) is 5.56 Å². The topological polar surface area (TPSA) is 56.9 Å². The molecule has 0 aliphatic heterocycles. The number of halogens is 1. The highest BCUT2D eigenvalue weighted by molar-refractivity contribution is 5.92. The second-order valence-corrected chi connectivity index (χ2v) is 7.52. The number of rotatable bonds is 2. The van der Waals surface area contributed by atoms with E-state index >= 15 is 0 Å². The number of nitrogens with zero attached hydrogens (tertiary/aromatic N) is 3. The van der Waals surface area contributed by atoms with Crippen LogP contribution in [0.3, 0.4) is 0 Å². The first-order valence-corrected chi connectivity index (χ1v) is 9.83. The van der Waals surface area contributed by atoms with Crippen molar-refractivity contribution >= 4 is 21.9 Å². The van der Waals surface area contributed by atoms with Crippen molar-refractivity contribution in [3.63, 3.8) is 0 Å². The van der Waals surface area contributed by atoms with Crippen molar-refractivity contribution in [1.82, 2.24) is 14.1 Å². The lowest BCUT2D eigenvalue weighted by atomic mass is 10.1. The summed E-state index contributed by atoms with van der Waals surface area (Å²) in [5.41, 5.74) is 2.35. The van der Waals surface area contributed by atoms with E-state index in [1.807, 2.05) is 43.3 Å². The summed E-state index contributed by atoms with van der Waals surface area (Å²) in [5.74, 6) is -0.0428. The lowest BCUT2D eigenvalue weighted by molar-refractivity contribution is 0.628. The molecule has 5 aromatic rings. The number of fused-ring (bicyclic) bond motifs is 2. The van der Waals surface area contributed by atoms with Gasteiger partial charge in [-0.1, -0.05) is 29.8 Å². The molecule has 5 nitrogen and oxygen atoms in total. The minimum atomic E-state index is -0.459. The second kappa shape index (κ2) is 7.02. The second-order valence-electron chi connectivity index (χ2n) is 7.52. The summed E-state index contributed by atoms with van der Waals surface area (Å²) >= 11 is 0. The molecule has 0 bridgehead atoms. The molecular formula is C25H18FN3O2. The van der Waals surface area contributed by atoms with E-state index < -0.39 is 5.56 Å². The zero-order chi connectivity index (χ0) is 21.7. The molecule has 2 heterocycles. The van der Waals surface area contributed by atoms with Gasteiger partial charge in [0.25, 0.3) is 5.56 Å². The molecule has 0 spiro atoms. The van der Waals surface area contributed by atoms with Gasteiger partial charge < -0.3 is 4.57 Å². The Morgan fingerprint density at radius 1 is 0.871 bits per heavy atom. The third-order valence-corrected chi connectivity index (χ3v) is 5.51. The minimum Gasteiger partial charge on any atom is -0.328 e. The molecule has 0 saturated carbocycles. The molecule has 31 heavy (non-hydrogen) atoms. The van der Waals surface area contributed by atoms with Crippen molar-refractivity contribution in [1.29, 1.82) is 0 Å². The Hall–Kier alpha value is -4.06. The van der Waals surface area contributed by atoms with Crippen LogP contribution in [0.5, 0.6) is 0 Å². The highest BCUT2D eigenvalue weighted by atomic mass is 19.1. The van der Waals surface area contributed by atoms with Gasteiger partial charge in [-0.2, -0.15) is 0 Å². The molecule has 0 aliphatic rings. The highest BCUT2D eigenvalue weighted by Crippen LogP contribution is 2.23. The van der Waals surface area contributed by atoms with Crippen LogP contribution in [-0.2, 0) is 7.05 Å². The van der Waals surface area contributed by atoms with Gasteiger partial charge in [0, 0.05) is 18.0 Å². The Kier molecular flexibility index (Phi) is 4.29. The number of pyridine rings is 1. The fourth-order valence-corrected chi connectivity index (χ4v) is 3.88. The van der Waals surface area contributed by atoms with E-state index in [0.717, 1.165) is 5.56 Å². The van der Waals surface area contributed by atoms with Gasteiger partial charge >= 0.3 is 0 Å². The van der Waals surface area contributed by atoms with Gasteiger partial charge in [-0.3, -0.25) is 14.2 Å². The van der Waals surface area contributed by atoms with Crippen LogP contribution in [0, 0.1) is 12.7 Å². The summed E-state index contributed by atoms with van der Waals surface area (Å²) in [7, 11) is 1.78. The first-order valence-electron chi connectivity index (χ1n) is 9.83. The van der Waals surface area contributed by atoms with E-state index in [1.165, 1.54) is 16.7 Å². The maximum Gasteiger partial charge on any atom is 0.271 e. The monoisotopic (exact) mass is 411 g/mol. The SMILES string of the molecule is Cc1ccc(-n2c(-c3ccc(F)cc3)nc3c(c(=O)c4ccccc4n3C)c2=O)cc1. The van der Waals surface area contributed by atoms with E-state index in [1.54, 1.807) is 35.9 Å². The van der Waals surface area contributed by atoms with Gasteiger partial charge in [-0.15, -0.1) is 0 Å². The summed E-state index contributed by atoms with van der Waals surface area (Å²) in [5, 5.41) is 0.481. The van der Waals surface area contributed by atoms with Gasteiger partial charge in [0.05, 0.1) is 11.2 Å². The van der Waals surface area contributed by atoms with Crippen LogP contribution in [0.4, 0.5) is 4.39 Å². The molecular weight excluding hydrogens is 393 g/mol. The van der Waals surface area contributed by atoms with Gasteiger partial charge in [-0.05, 0) is 55.5 Å². The molecule has 0 atom stereocenters. The number of hydrogen-bond acceptors (Lipinski definition) is 3. The van der Waals surface area contributed by atoms with Crippen molar-refractivity contribution in [2.75, 3.05) is 0 Å². The van der Waals surface area contributed by atoms with E-state index in [9.17, 15) is 14.0 Å². The van der Waals surface area contributed by atoms with Crippen LogP contribution in [0.25, 0.3) is 39.0 Å². The molecule has 6 heteroatoms. The van der Waals surface area contributed by atoms with Gasteiger partial charge in [-0.25, -0.2) is 9.37 Å². The van der Waals surface area contributed by atoms with Crippen LogP contribution in [-0.4, -0.2) is 14.1 Å². The Morgan fingerprint density at radius 2 is 1.55 bits per heavy atom. The molecule has 0 fully saturated rings. The van der Waals surface area contributed by atoms with Crippen LogP contribution >= 0.6 is 0 Å². The van der Waals surface area contributed by atoms with Gasteiger partial charge in [0.2, 0.25) is 5.43 Å². The number of aromatic nitrogens is 3. The van der Waals surface area contributed by atoms with Crippen molar-refractivity contribution in [2.45, 2.75) is 6.92 Å². The standard InChI is InChI=1S/C25H18FN3O2/c1-15-7-13-18(14-8-15)29-23(16-9-11-17(26)12-10-16)27-24-21(25(29)31)22(30)19-5-3-4-6-20(19)28(24)2/h3-14H,1-2H3. The van der Waals surface area contributed by atoms with E-state index in [-0.39, 0.29) is 22.3 Å². The predicted octanol–water partition coefficient (Wildman–Crippen LogP) is 4.35. The van der Waals surface area contributed by atoms with E-state index in [2.05, 4.69) is 0 Å². The Labute approximate surface area is 176 Å². The average Bonchev–Trinajstić information content (AvgIpc) is 2.78. The van der Waals surface area contributed by atoms with E-state index in [4.69, 9.17) is 4.98 Å². The van der Waals surface area contributed by atoms with E-state index in [0.29, 0.717) is 28.0 Å². The summed E-state index contributed by atoms with van der Waals surface area (Å²) in [6, 6.07) is 20.3. The van der Waals surface area contributed by atoms with Crippen molar-refractivity contribution in [3.8, 4) is 17.1 Å². The molecule has 0 saturated heterocycles. The fourth-order valence-electron chi connectivity index (χ4n) is 3.88. The van der Waals surface area contributed by atoms with Crippen molar-refractivity contribution in [3.05, 3.63) is 105 Å². The van der Waals surface area contributed by atoms with Crippen molar-refractivity contribution in [2.24, 2.45) is 7.05 Å². The lowest BCUT2D eigenvalue weighted by Crippen LogP contribution is -2.28. The number of para-hydroxylation sites is 1. The molecule has 0 amide bonds. The summed E-state index contributed by atoms with van der Waals surface area (Å²) < 4.78 is 16.7. The first-order chi connectivity index (χ1) is 15.0. The smallest absolute Gasteiger partial charge is 0.271 e.